The SMILES string of the molecule is CC(C)(C)OC(=O)N(C(=O)OC(C)(C)C)C1=N[C@](COCc2ccccc2)(c2ccccc2F)CS(=O)(=O)C1(C)C. The summed E-state index contributed by atoms with van der Waals surface area (Å²) in [7, 11) is -4.21. The molecule has 2 amide bonds. The van der Waals surface area contributed by atoms with E-state index in [1.54, 1.807) is 47.6 Å². The van der Waals surface area contributed by atoms with E-state index >= 15 is 4.39 Å². The number of amides is 2. The molecule has 0 N–H and O–H groups in total. The number of carbonyl (C=O) groups is 2. The Balaban J connectivity index is 2.26. The zero-order valence-electron chi connectivity index (χ0n) is 24.9. The molecular weight excluding hydrogens is 551 g/mol. The molecule has 3 rings (SSSR count). The van der Waals surface area contributed by atoms with Gasteiger partial charge >= 0.3 is 12.2 Å². The minimum absolute atomic E-state index is 0.0574. The molecule has 0 spiro atoms. The number of nitrogens with zero attached hydrogens (tertiary/aromatic N) is 2. The maximum atomic E-state index is 15.4. The third kappa shape index (κ3) is 7.51. The molecule has 1 aliphatic heterocycles. The van der Waals surface area contributed by atoms with Crippen molar-refractivity contribution in [1.29, 1.82) is 0 Å². The fraction of sp³-hybridized carbons (Fsp3) is 0.500. The van der Waals surface area contributed by atoms with Gasteiger partial charge in [0.05, 0.1) is 19.0 Å². The van der Waals surface area contributed by atoms with Gasteiger partial charge in [0, 0.05) is 5.56 Å². The Morgan fingerprint density at radius 3 is 1.93 bits per heavy atom. The summed E-state index contributed by atoms with van der Waals surface area (Å²) in [6.45, 7) is 12.0. The van der Waals surface area contributed by atoms with Crippen LogP contribution in [0.5, 0.6) is 0 Å². The first-order chi connectivity index (χ1) is 18.8. The van der Waals surface area contributed by atoms with E-state index in [1.165, 1.54) is 32.0 Å². The van der Waals surface area contributed by atoms with Crippen molar-refractivity contribution in [3.8, 4) is 0 Å². The highest BCUT2D eigenvalue weighted by Gasteiger charge is 2.56. The van der Waals surface area contributed by atoms with Gasteiger partial charge in [0.25, 0.3) is 0 Å². The highest BCUT2D eigenvalue weighted by atomic mass is 32.2. The molecular formula is C30H39FN2O7S. The molecule has 11 heteroatoms. The summed E-state index contributed by atoms with van der Waals surface area (Å²) in [5.74, 6) is -1.81. The van der Waals surface area contributed by atoms with Crippen molar-refractivity contribution in [2.75, 3.05) is 12.4 Å². The Morgan fingerprint density at radius 1 is 0.902 bits per heavy atom. The second-order valence-corrected chi connectivity index (χ2v) is 15.0. The van der Waals surface area contributed by atoms with Gasteiger partial charge in [-0.3, -0.25) is 4.99 Å². The maximum absolute atomic E-state index is 15.4. The molecule has 0 bridgehead atoms. The first-order valence-electron chi connectivity index (χ1n) is 13.2. The van der Waals surface area contributed by atoms with Crippen molar-refractivity contribution in [1.82, 2.24) is 4.90 Å². The zero-order valence-corrected chi connectivity index (χ0v) is 25.7. The smallest absolute Gasteiger partial charge is 0.425 e. The van der Waals surface area contributed by atoms with Gasteiger partial charge in [-0.1, -0.05) is 48.5 Å². The van der Waals surface area contributed by atoms with E-state index in [1.807, 2.05) is 30.3 Å². The minimum atomic E-state index is -4.21. The molecule has 9 nitrogen and oxygen atoms in total. The molecule has 0 saturated heterocycles. The Morgan fingerprint density at radius 2 is 1.41 bits per heavy atom. The van der Waals surface area contributed by atoms with Gasteiger partial charge in [0.1, 0.15) is 33.1 Å². The molecule has 0 aromatic heterocycles. The molecule has 1 aliphatic rings. The number of benzene rings is 2. The van der Waals surface area contributed by atoms with Crippen molar-refractivity contribution in [2.45, 2.75) is 83.5 Å². The van der Waals surface area contributed by atoms with Gasteiger partial charge in [-0.25, -0.2) is 22.4 Å². The number of sulfone groups is 1. The second-order valence-electron chi connectivity index (χ2n) is 12.5. The Hall–Kier alpha value is -3.31. The quantitative estimate of drug-likeness (QED) is 0.419. The van der Waals surface area contributed by atoms with Gasteiger partial charge in [-0.2, -0.15) is 4.90 Å². The molecule has 1 atom stereocenters. The molecule has 224 valence electrons. The normalized spacial score (nSPS) is 20.1. The van der Waals surface area contributed by atoms with Crippen LogP contribution in [0.15, 0.2) is 59.6 Å². The number of rotatable bonds is 5. The highest BCUT2D eigenvalue weighted by Crippen LogP contribution is 2.41. The predicted molar refractivity (Wildman–Crippen MR) is 154 cm³/mol. The molecule has 0 radical (unpaired) electrons. The second kappa shape index (κ2) is 11.5. The van der Waals surface area contributed by atoms with E-state index in [4.69, 9.17) is 19.2 Å². The molecule has 2 aromatic carbocycles. The number of imide groups is 1. The summed E-state index contributed by atoms with van der Waals surface area (Å²) < 4.78 is 58.4. The van der Waals surface area contributed by atoms with E-state index in [-0.39, 0.29) is 18.8 Å². The van der Waals surface area contributed by atoms with Crippen molar-refractivity contribution in [3.63, 3.8) is 0 Å². The van der Waals surface area contributed by atoms with Crippen molar-refractivity contribution in [2.24, 2.45) is 4.99 Å². The van der Waals surface area contributed by atoms with E-state index in [2.05, 4.69) is 0 Å². The highest BCUT2D eigenvalue weighted by molar-refractivity contribution is 7.93. The van der Waals surface area contributed by atoms with E-state index in [0.717, 1.165) is 5.56 Å². The van der Waals surface area contributed by atoms with Crippen LogP contribution in [0.1, 0.15) is 66.5 Å². The minimum Gasteiger partial charge on any atom is -0.443 e. The molecule has 0 aliphatic carbocycles. The number of aliphatic imine (C=N–C) groups is 1. The first-order valence-corrected chi connectivity index (χ1v) is 14.9. The first kappa shape index (κ1) is 32.2. The lowest BCUT2D eigenvalue weighted by Crippen LogP contribution is -2.62. The lowest BCUT2D eigenvalue weighted by molar-refractivity contribution is 0.0135. The number of ether oxygens (including phenoxy) is 3. The Kier molecular flexibility index (Phi) is 9.05. The monoisotopic (exact) mass is 590 g/mol. The van der Waals surface area contributed by atoms with Gasteiger partial charge in [-0.05, 0) is 67.0 Å². The average molecular weight is 591 g/mol. The predicted octanol–water partition coefficient (Wildman–Crippen LogP) is 6.02. The molecule has 0 fully saturated rings. The largest absolute Gasteiger partial charge is 0.443 e. The number of halogens is 1. The number of hydrogen-bond acceptors (Lipinski definition) is 8. The maximum Gasteiger partial charge on any atom is 0.425 e. The van der Waals surface area contributed by atoms with Crippen LogP contribution >= 0.6 is 0 Å². The summed E-state index contributed by atoms with van der Waals surface area (Å²) in [6, 6.07) is 14.8. The Bertz CT molecular complexity index is 1380. The van der Waals surface area contributed by atoms with Crippen LogP contribution in [0.3, 0.4) is 0 Å². The van der Waals surface area contributed by atoms with Crippen LogP contribution < -0.4 is 0 Å². The summed E-state index contributed by atoms with van der Waals surface area (Å²) >= 11 is 0. The van der Waals surface area contributed by atoms with E-state index in [9.17, 15) is 18.0 Å². The summed E-state index contributed by atoms with van der Waals surface area (Å²) in [5, 5.41) is 0. The summed E-state index contributed by atoms with van der Waals surface area (Å²) in [6.07, 6.45) is -2.35. The van der Waals surface area contributed by atoms with Crippen LogP contribution in [0.4, 0.5) is 14.0 Å². The van der Waals surface area contributed by atoms with Crippen LogP contribution in [-0.2, 0) is 36.2 Å². The van der Waals surface area contributed by atoms with Crippen LogP contribution in [0, 0.1) is 5.82 Å². The Labute approximate surface area is 241 Å². The molecule has 0 unspecified atom stereocenters. The van der Waals surface area contributed by atoms with Gasteiger partial charge in [0.15, 0.2) is 9.84 Å². The van der Waals surface area contributed by atoms with E-state index in [0.29, 0.717) is 4.90 Å². The molecule has 1 heterocycles. The third-order valence-corrected chi connectivity index (χ3v) is 8.85. The summed E-state index contributed by atoms with van der Waals surface area (Å²) in [5.41, 5.74) is -3.18. The van der Waals surface area contributed by atoms with Crippen LogP contribution in [0.2, 0.25) is 0 Å². The van der Waals surface area contributed by atoms with Crippen molar-refractivity contribution < 1.29 is 36.6 Å². The number of carbonyl (C=O) groups excluding carboxylic acids is 2. The fourth-order valence-corrected chi connectivity index (χ4v) is 5.93. The van der Waals surface area contributed by atoms with Gasteiger partial charge < -0.3 is 14.2 Å². The summed E-state index contributed by atoms with van der Waals surface area (Å²) in [4.78, 5) is 32.3. The standard InChI is InChI=1S/C30H39FN2O7S/c1-27(2,3)39-25(34)33(26(35)40-28(4,5)6)24-29(7,8)41(36,37)20-30(32-24,22-16-12-13-17-23(22)31)19-38-18-21-14-10-9-11-15-21/h9-17H,18-20H2,1-8H3/t30-/m0/s1. The fourth-order valence-electron chi connectivity index (χ4n) is 4.23. The number of hydrogen-bond donors (Lipinski definition) is 0. The van der Waals surface area contributed by atoms with Gasteiger partial charge in [0.2, 0.25) is 0 Å². The van der Waals surface area contributed by atoms with Crippen molar-refractivity contribution >= 4 is 27.9 Å². The van der Waals surface area contributed by atoms with Crippen molar-refractivity contribution in [3.05, 3.63) is 71.5 Å². The lowest BCUT2D eigenvalue weighted by atomic mass is 9.91. The van der Waals surface area contributed by atoms with E-state index < -0.39 is 60.9 Å². The molecule has 2 aromatic rings. The van der Waals surface area contributed by atoms with Gasteiger partial charge in [-0.15, -0.1) is 0 Å². The molecule has 0 saturated carbocycles. The van der Waals surface area contributed by atoms with Crippen LogP contribution in [-0.4, -0.2) is 59.6 Å². The third-order valence-electron chi connectivity index (χ3n) is 6.26. The van der Waals surface area contributed by atoms with Crippen LogP contribution in [0.25, 0.3) is 0 Å². The zero-order chi connectivity index (χ0) is 30.9. The topological polar surface area (TPSA) is 112 Å². The average Bonchev–Trinajstić information content (AvgIpc) is 2.81. The lowest BCUT2D eigenvalue weighted by Gasteiger charge is -2.43. The number of amidine groups is 1. The molecule has 41 heavy (non-hydrogen) atoms.